The Balaban J connectivity index is 2.16. The zero-order valence-electron chi connectivity index (χ0n) is 10.4. The van der Waals surface area contributed by atoms with Gasteiger partial charge in [0.05, 0.1) is 0 Å². The van der Waals surface area contributed by atoms with Gasteiger partial charge in [-0.05, 0) is 38.3 Å². The van der Waals surface area contributed by atoms with E-state index in [9.17, 15) is 4.79 Å². The van der Waals surface area contributed by atoms with Crippen LogP contribution < -0.4 is 0 Å². The van der Waals surface area contributed by atoms with Crippen molar-refractivity contribution >= 4 is 21.8 Å². The van der Waals surface area contributed by atoms with Crippen molar-refractivity contribution in [3.05, 3.63) is 34.9 Å². The second-order valence-electron chi connectivity index (χ2n) is 4.79. The number of carbonyl (C=O) groups excluding carboxylic acids is 1. The molecule has 0 N–H and O–H groups in total. The van der Waals surface area contributed by atoms with Crippen LogP contribution in [0.15, 0.2) is 18.2 Å². The van der Waals surface area contributed by atoms with E-state index in [2.05, 4.69) is 22.0 Å². The minimum Gasteiger partial charge on any atom is -0.339 e. The topological polar surface area (TPSA) is 20.3 Å². The summed E-state index contributed by atoms with van der Waals surface area (Å²) in [5.41, 5.74) is 3.08. The fourth-order valence-corrected chi connectivity index (χ4v) is 2.60. The molecule has 0 spiro atoms. The summed E-state index contributed by atoms with van der Waals surface area (Å²) in [5.74, 6) is 0.186. The first kappa shape index (κ1) is 12.6. The molecule has 1 aliphatic rings. The number of piperidine rings is 1. The standard InChI is InChI=1S/C14H18BrNO/c1-10-3-4-11(2)13(9-10)14(17)16-7-5-12(15)6-8-16/h3-4,9,12H,5-8H2,1-2H3. The molecule has 92 valence electrons. The molecule has 0 unspecified atom stereocenters. The lowest BCUT2D eigenvalue weighted by molar-refractivity contribution is 0.0727. The monoisotopic (exact) mass is 295 g/mol. The number of nitrogens with zero attached hydrogens (tertiary/aromatic N) is 1. The Morgan fingerprint density at radius 2 is 1.94 bits per heavy atom. The average molecular weight is 296 g/mol. The molecule has 3 heteroatoms. The summed E-state index contributed by atoms with van der Waals surface area (Å²) < 4.78 is 0. The molecule has 1 saturated heterocycles. The molecule has 1 aromatic carbocycles. The SMILES string of the molecule is Cc1ccc(C)c(C(=O)N2CCC(Br)CC2)c1. The van der Waals surface area contributed by atoms with Crippen LogP contribution in [0.3, 0.4) is 0 Å². The van der Waals surface area contributed by atoms with Crippen LogP contribution in [-0.4, -0.2) is 28.7 Å². The van der Waals surface area contributed by atoms with Crippen LogP contribution in [0.25, 0.3) is 0 Å². The minimum absolute atomic E-state index is 0.186. The highest BCUT2D eigenvalue weighted by Crippen LogP contribution is 2.20. The van der Waals surface area contributed by atoms with E-state index in [0.29, 0.717) is 4.83 Å². The summed E-state index contributed by atoms with van der Waals surface area (Å²) in [6.07, 6.45) is 2.10. The number of halogens is 1. The zero-order chi connectivity index (χ0) is 12.4. The van der Waals surface area contributed by atoms with Gasteiger partial charge >= 0.3 is 0 Å². The Morgan fingerprint density at radius 1 is 1.29 bits per heavy atom. The first-order valence-electron chi connectivity index (χ1n) is 6.08. The quantitative estimate of drug-likeness (QED) is 0.728. The van der Waals surface area contributed by atoms with E-state index in [4.69, 9.17) is 0 Å². The molecule has 0 saturated carbocycles. The fourth-order valence-electron chi connectivity index (χ4n) is 2.19. The van der Waals surface area contributed by atoms with Crippen LogP contribution >= 0.6 is 15.9 Å². The van der Waals surface area contributed by atoms with Crippen LogP contribution in [0.5, 0.6) is 0 Å². The van der Waals surface area contributed by atoms with Gasteiger partial charge in [0, 0.05) is 23.5 Å². The third-order valence-electron chi connectivity index (χ3n) is 3.34. The van der Waals surface area contributed by atoms with E-state index in [-0.39, 0.29) is 5.91 Å². The van der Waals surface area contributed by atoms with Crippen LogP contribution in [0.2, 0.25) is 0 Å². The second kappa shape index (κ2) is 5.21. The fraction of sp³-hybridized carbons (Fsp3) is 0.500. The Kier molecular flexibility index (Phi) is 3.87. The lowest BCUT2D eigenvalue weighted by Crippen LogP contribution is -2.39. The smallest absolute Gasteiger partial charge is 0.254 e. The molecule has 1 fully saturated rings. The summed E-state index contributed by atoms with van der Waals surface area (Å²) in [5, 5.41) is 0. The number of hydrogen-bond acceptors (Lipinski definition) is 1. The molecule has 2 nitrogen and oxygen atoms in total. The van der Waals surface area contributed by atoms with Crippen molar-refractivity contribution in [1.82, 2.24) is 4.90 Å². The number of aryl methyl sites for hydroxylation is 2. The predicted molar refractivity (Wildman–Crippen MR) is 73.8 cm³/mol. The van der Waals surface area contributed by atoms with Crippen LogP contribution in [0.4, 0.5) is 0 Å². The highest BCUT2D eigenvalue weighted by molar-refractivity contribution is 9.09. The maximum absolute atomic E-state index is 12.4. The maximum Gasteiger partial charge on any atom is 0.254 e. The van der Waals surface area contributed by atoms with Gasteiger partial charge in [0.2, 0.25) is 0 Å². The van der Waals surface area contributed by atoms with Crippen LogP contribution in [0.1, 0.15) is 34.3 Å². The Hall–Kier alpha value is -0.830. The lowest BCUT2D eigenvalue weighted by Gasteiger charge is -2.30. The van der Waals surface area contributed by atoms with E-state index in [1.807, 2.05) is 30.9 Å². The average Bonchev–Trinajstić information content (AvgIpc) is 2.32. The van der Waals surface area contributed by atoms with Crippen LogP contribution in [0, 0.1) is 13.8 Å². The number of likely N-dealkylation sites (tertiary alicyclic amines) is 1. The zero-order valence-corrected chi connectivity index (χ0v) is 12.0. The van der Waals surface area contributed by atoms with Gasteiger partial charge in [-0.2, -0.15) is 0 Å². The maximum atomic E-state index is 12.4. The van der Waals surface area contributed by atoms with Crippen molar-refractivity contribution in [3.63, 3.8) is 0 Å². The summed E-state index contributed by atoms with van der Waals surface area (Å²) in [4.78, 5) is 14.9. The second-order valence-corrected chi connectivity index (χ2v) is 6.08. The van der Waals surface area contributed by atoms with E-state index in [1.54, 1.807) is 0 Å². The summed E-state index contributed by atoms with van der Waals surface area (Å²) >= 11 is 3.61. The largest absolute Gasteiger partial charge is 0.339 e. The molecule has 0 radical (unpaired) electrons. The van der Waals surface area contributed by atoms with Gasteiger partial charge in [0.25, 0.3) is 5.91 Å². The molecule has 1 aliphatic heterocycles. The van der Waals surface area contributed by atoms with Gasteiger partial charge in [0.1, 0.15) is 0 Å². The number of alkyl halides is 1. The van der Waals surface area contributed by atoms with Crippen molar-refractivity contribution in [1.29, 1.82) is 0 Å². The van der Waals surface area contributed by atoms with Gasteiger partial charge in [-0.25, -0.2) is 0 Å². The summed E-state index contributed by atoms with van der Waals surface area (Å²) in [6.45, 7) is 5.76. The number of carbonyl (C=O) groups is 1. The molecule has 0 bridgehead atoms. The first-order valence-corrected chi connectivity index (χ1v) is 7.00. The molecule has 1 heterocycles. The summed E-state index contributed by atoms with van der Waals surface area (Å²) in [6, 6.07) is 6.08. The third kappa shape index (κ3) is 2.89. The molecule has 0 atom stereocenters. The van der Waals surface area contributed by atoms with Gasteiger partial charge < -0.3 is 4.90 Å². The van der Waals surface area contributed by atoms with Crippen molar-refractivity contribution in [2.24, 2.45) is 0 Å². The Morgan fingerprint density at radius 3 is 2.59 bits per heavy atom. The molecule has 1 aromatic rings. The van der Waals surface area contributed by atoms with Gasteiger partial charge in [-0.15, -0.1) is 0 Å². The third-order valence-corrected chi connectivity index (χ3v) is 4.25. The number of benzene rings is 1. The Bertz CT molecular complexity index is 422. The van der Waals surface area contributed by atoms with E-state index >= 15 is 0 Å². The van der Waals surface area contributed by atoms with E-state index in [0.717, 1.165) is 42.6 Å². The molecule has 0 aliphatic carbocycles. The van der Waals surface area contributed by atoms with Gasteiger partial charge in [-0.3, -0.25) is 4.79 Å². The molecule has 1 amide bonds. The summed E-state index contributed by atoms with van der Waals surface area (Å²) in [7, 11) is 0. The first-order chi connectivity index (χ1) is 8.08. The number of rotatable bonds is 1. The number of hydrogen-bond donors (Lipinski definition) is 0. The van der Waals surface area contributed by atoms with Crippen LogP contribution in [-0.2, 0) is 0 Å². The van der Waals surface area contributed by atoms with E-state index in [1.165, 1.54) is 0 Å². The van der Waals surface area contributed by atoms with Crippen molar-refractivity contribution in [2.75, 3.05) is 13.1 Å². The van der Waals surface area contributed by atoms with Crippen molar-refractivity contribution < 1.29 is 4.79 Å². The van der Waals surface area contributed by atoms with Gasteiger partial charge in [0.15, 0.2) is 0 Å². The lowest BCUT2D eigenvalue weighted by atomic mass is 10.0. The highest BCUT2D eigenvalue weighted by Gasteiger charge is 2.22. The number of amides is 1. The van der Waals surface area contributed by atoms with Gasteiger partial charge in [-0.1, -0.05) is 33.6 Å². The normalized spacial score (nSPS) is 17.2. The molecule has 17 heavy (non-hydrogen) atoms. The highest BCUT2D eigenvalue weighted by atomic mass is 79.9. The van der Waals surface area contributed by atoms with Crippen molar-refractivity contribution in [3.8, 4) is 0 Å². The Labute approximate surface area is 111 Å². The molecular formula is C14H18BrNO. The molecule has 0 aromatic heterocycles. The predicted octanol–water partition coefficient (Wildman–Crippen LogP) is 3.30. The molecular weight excluding hydrogens is 278 g/mol. The van der Waals surface area contributed by atoms with E-state index < -0.39 is 0 Å². The molecule has 2 rings (SSSR count). The minimum atomic E-state index is 0.186. The van der Waals surface area contributed by atoms with Crippen molar-refractivity contribution in [2.45, 2.75) is 31.5 Å².